The van der Waals surface area contributed by atoms with Crippen molar-refractivity contribution in [2.24, 2.45) is 70.0 Å². The van der Waals surface area contributed by atoms with Crippen LogP contribution >= 0.6 is 11.3 Å². The average Bonchev–Trinajstić information content (AvgIpc) is 3.59. The van der Waals surface area contributed by atoms with Crippen molar-refractivity contribution in [2.75, 3.05) is 7.05 Å². The van der Waals surface area contributed by atoms with Gasteiger partial charge < -0.3 is 15.0 Å². The van der Waals surface area contributed by atoms with Crippen LogP contribution in [0.5, 0.6) is 0 Å². The molecule has 6 fully saturated rings. The Morgan fingerprint density at radius 2 is 1.59 bits per heavy atom. The zero-order valence-corrected chi connectivity index (χ0v) is 32.7. The molecule has 0 unspecified atom stereocenters. The number of esters is 1. The van der Waals surface area contributed by atoms with Crippen molar-refractivity contribution in [1.82, 2.24) is 15.2 Å². The fourth-order valence-corrected chi connectivity index (χ4v) is 13.0. The lowest BCUT2D eigenvalue weighted by atomic mass is 8.92. The van der Waals surface area contributed by atoms with Gasteiger partial charge >= 0.3 is 5.97 Å². The summed E-state index contributed by atoms with van der Waals surface area (Å²) in [6.07, 6.45) is 2.33. The van der Waals surface area contributed by atoms with Gasteiger partial charge in [0.2, 0.25) is 5.91 Å². The smallest absolute Gasteiger partial charge is 0.303 e. The number of aromatic nitrogens is 1. The van der Waals surface area contributed by atoms with Gasteiger partial charge in [-0.25, -0.2) is 4.98 Å². The number of hydrogen-bond donors (Lipinski definition) is 1. The van der Waals surface area contributed by atoms with Crippen LogP contribution in [0.2, 0.25) is 0 Å². The predicted molar refractivity (Wildman–Crippen MR) is 198 cm³/mol. The predicted octanol–water partition coefficient (Wildman–Crippen LogP) is 7.39. The number of carbonyl (C=O) groups excluding carboxylic acids is 4. The summed E-state index contributed by atoms with van der Waals surface area (Å²) in [6.45, 7) is 16.4. The van der Waals surface area contributed by atoms with Crippen LogP contribution in [-0.2, 0) is 25.5 Å². The van der Waals surface area contributed by atoms with Crippen LogP contribution in [0, 0.1) is 70.0 Å². The van der Waals surface area contributed by atoms with Crippen molar-refractivity contribution in [3.05, 3.63) is 52.0 Å². The third kappa shape index (κ3) is 5.28. The van der Waals surface area contributed by atoms with Gasteiger partial charge in [0.05, 0.1) is 0 Å². The molecular formula is C42H57N3O5S. The lowest BCUT2D eigenvalue weighted by Gasteiger charge is -3.11. The van der Waals surface area contributed by atoms with Gasteiger partial charge in [0.15, 0.2) is 6.10 Å². The van der Waals surface area contributed by atoms with E-state index in [1.54, 1.807) is 5.38 Å². The van der Waals surface area contributed by atoms with E-state index in [1.807, 2.05) is 30.1 Å². The average molecular weight is 716 g/mol. The van der Waals surface area contributed by atoms with E-state index >= 15 is 0 Å². The molecule has 1 N–H and O–H groups in total. The first-order chi connectivity index (χ1) is 24.2. The lowest BCUT2D eigenvalue weighted by molar-refractivity contribution is -0.636. The van der Waals surface area contributed by atoms with Gasteiger partial charge in [0.1, 0.15) is 16.5 Å². The molecule has 5 atom stereocenters. The monoisotopic (exact) mass is 715 g/mol. The number of thiazole rings is 1. The number of ether oxygens (including phenoxy) is 1. The molecule has 0 radical (unpaired) electrons. The summed E-state index contributed by atoms with van der Waals surface area (Å²) in [5.41, 5.74) is 1.92. The Bertz CT molecular complexity index is 1630. The maximum absolute atomic E-state index is 14.4. The SMILES string of the molecule is CC[C@H](C)[C@H](CC(=O)C12C3C4C1C1C2C3C41C)C(=O)N(C)[C@H](C[C@@H](OC(C)=O)c1nc(C(=O)N[C@@H](Cc2ccccc2)CC(C)C)cs1)C(C)C. The molecule has 276 valence electrons. The normalized spacial score (nSPS) is 32.8. The lowest BCUT2D eigenvalue weighted by Crippen LogP contribution is -3.10. The molecule has 1 aromatic carbocycles. The summed E-state index contributed by atoms with van der Waals surface area (Å²) < 4.78 is 5.86. The van der Waals surface area contributed by atoms with Gasteiger partial charge in [0.25, 0.3) is 5.91 Å². The highest BCUT2D eigenvalue weighted by atomic mass is 32.1. The summed E-state index contributed by atoms with van der Waals surface area (Å²) >= 11 is 1.30. The first-order valence-corrected chi connectivity index (χ1v) is 20.3. The molecular weight excluding hydrogens is 659 g/mol. The van der Waals surface area contributed by atoms with E-state index in [0.29, 0.717) is 58.4 Å². The Hall–Kier alpha value is -3.07. The summed E-state index contributed by atoms with van der Waals surface area (Å²) in [5.74, 6) is 3.94. The van der Waals surface area contributed by atoms with Gasteiger partial charge in [-0.15, -0.1) is 11.3 Å². The number of nitrogens with zero attached hydrogens (tertiary/aromatic N) is 2. The summed E-state index contributed by atoms with van der Waals surface area (Å²) in [6, 6.07) is 9.83. The van der Waals surface area contributed by atoms with Crippen LogP contribution < -0.4 is 5.32 Å². The largest absolute Gasteiger partial charge is 0.455 e. The summed E-state index contributed by atoms with van der Waals surface area (Å²) in [7, 11) is 1.84. The number of nitrogens with one attached hydrogen (secondary N) is 1. The zero-order chi connectivity index (χ0) is 36.7. The fraction of sp³-hybridized carbons (Fsp3) is 0.690. The van der Waals surface area contributed by atoms with Gasteiger partial charge in [-0.2, -0.15) is 0 Å². The second-order valence-corrected chi connectivity index (χ2v) is 18.6. The zero-order valence-electron chi connectivity index (χ0n) is 31.8. The van der Waals surface area contributed by atoms with E-state index in [-0.39, 0.29) is 47.1 Å². The molecule has 1 heterocycles. The number of hydrogen-bond acceptors (Lipinski definition) is 7. The number of amides is 2. The Balaban J connectivity index is 1.03. The molecule has 8 rings (SSSR count). The van der Waals surface area contributed by atoms with Crippen molar-refractivity contribution in [2.45, 2.75) is 106 Å². The van der Waals surface area contributed by atoms with Crippen molar-refractivity contribution in [1.29, 1.82) is 0 Å². The Kier molecular flexibility index (Phi) is 9.32. The number of ketones is 1. The Labute approximate surface area is 307 Å². The van der Waals surface area contributed by atoms with Crippen molar-refractivity contribution in [3.8, 4) is 0 Å². The molecule has 0 aliphatic heterocycles. The van der Waals surface area contributed by atoms with Crippen LogP contribution in [-0.4, -0.2) is 52.6 Å². The highest BCUT2D eigenvalue weighted by Gasteiger charge is 3.09. The van der Waals surface area contributed by atoms with E-state index < -0.39 is 12.1 Å². The minimum Gasteiger partial charge on any atom is -0.455 e. The molecule has 0 spiro atoms. The van der Waals surface area contributed by atoms with Crippen LogP contribution in [0.4, 0.5) is 0 Å². The second kappa shape index (κ2) is 13.1. The van der Waals surface area contributed by atoms with E-state index in [2.05, 4.69) is 65.9 Å². The van der Waals surface area contributed by atoms with Gasteiger partial charge in [0, 0.05) is 55.6 Å². The molecule has 51 heavy (non-hydrogen) atoms. The van der Waals surface area contributed by atoms with E-state index in [0.717, 1.165) is 42.6 Å². The minimum atomic E-state index is -0.719. The third-order valence-corrected chi connectivity index (χ3v) is 15.4. The molecule has 6 saturated carbocycles. The van der Waals surface area contributed by atoms with Crippen molar-refractivity contribution >= 4 is 34.9 Å². The Morgan fingerprint density at radius 1 is 0.961 bits per heavy atom. The quantitative estimate of drug-likeness (QED) is 0.162. The maximum atomic E-state index is 14.4. The Morgan fingerprint density at radius 3 is 2.14 bits per heavy atom. The van der Waals surface area contributed by atoms with E-state index in [9.17, 15) is 19.2 Å². The molecule has 2 aromatic rings. The summed E-state index contributed by atoms with van der Waals surface area (Å²) in [4.78, 5) is 60.9. The first kappa shape index (κ1) is 36.3. The molecule has 6 aliphatic rings. The molecule has 6 aliphatic carbocycles. The van der Waals surface area contributed by atoms with Crippen LogP contribution in [0.15, 0.2) is 35.7 Å². The molecule has 0 saturated heterocycles. The highest BCUT2D eigenvalue weighted by Crippen LogP contribution is 3.10. The van der Waals surface area contributed by atoms with Crippen LogP contribution in [0.3, 0.4) is 0 Å². The number of Topliss-reactive ketones (excluding diaryl/α,β-unsaturated/α-hetero) is 1. The number of carbonyl (C=O) groups is 4. The van der Waals surface area contributed by atoms with E-state index in [1.165, 1.54) is 18.3 Å². The number of rotatable bonds is 18. The molecule has 9 heteroatoms. The van der Waals surface area contributed by atoms with Crippen molar-refractivity contribution < 1.29 is 23.9 Å². The minimum absolute atomic E-state index is 0.00401. The fourth-order valence-electron chi connectivity index (χ4n) is 12.2. The van der Waals surface area contributed by atoms with Crippen LogP contribution in [0.25, 0.3) is 0 Å². The van der Waals surface area contributed by atoms with Gasteiger partial charge in [-0.1, -0.05) is 85.2 Å². The standard InChI is InChI=1S/C42H57N3O5S/c1-10-23(6)27(18-31(47)42-35-32-36(42)34-37(42)33(35)41(32,34)8)40(49)45(9)29(22(4)5)19-30(50-24(7)46)39-44-28(20-51-39)38(48)43-26(16-21(2)3)17-25-14-12-11-13-15-25/h11-15,20-23,26-27,29-30,32-37H,10,16-19H2,1-9H3,(H,43,48)/t23-,26+,27-,29+,30+,32?,33?,34?,35?,36?,37?,41?,42?/m0/s1. The van der Waals surface area contributed by atoms with Crippen molar-refractivity contribution in [3.63, 3.8) is 0 Å². The first-order valence-electron chi connectivity index (χ1n) is 19.4. The highest BCUT2D eigenvalue weighted by molar-refractivity contribution is 7.09. The number of benzene rings is 1. The second-order valence-electron chi connectivity index (χ2n) is 17.7. The molecule has 8 nitrogen and oxygen atoms in total. The van der Waals surface area contributed by atoms with Crippen LogP contribution in [0.1, 0.15) is 108 Å². The molecule has 2 amide bonds. The molecule has 1 aromatic heterocycles. The van der Waals surface area contributed by atoms with Gasteiger partial charge in [-0.05, 0) is 77.1 Å². The molecule has 0 bridgehead atoms. The third-order valence-electron chi connectivity index (χ3n) is 14.5. The van der Waals surface area contributed by atoms with Gasteiger partial charge in [-0.3, -0.25) is 19.2 Å². The topological polar surface area (TPSA) is 106 Å². The van der Waals surface area contributed by atoms with E-state index in [4.69, 9.17) is 9.72 Å². The maximum Gasteiger partial charge on any atom is 0.303 e. The summed E-state index contributed by atoms with van der Waals surface area (Å²) in [5, 5.41) is 5.46.